The first-order valence-electron chi connectivity index (χ1n) is 3.91. The Morgan fingerprint density at radius 1 is 1.58 bits per heavy atom. The van der Waals surface area contributed by atoms with Gasteiger partial charge in [-0.2, -0.15) is 0 Å². The van der Waals surface area contributed by atoms with Crippen molar-refractivity contribution in [3.63, 3.8) is 0 Å². The molecule has 1 rings (SSSR count). The fourth-order valence-corrected chi connectivity index (χ4v) is 0.906. The molecule has 0 aliphatic carbocycles. The minimum absolute atomic E-state index is 0.0781. The van der Waals surface area contributed by atoms with E-state index in [9.17, 15) is 0 Å². The number of rotatable bonds is 2. The predicted octanol–water partition coefficient (Wildman–Crippen LogP) is 2.57. The first-order valence-corrected chi connectivity index (χ1v) is 3.91. The van der Waals surface area contributed by atoms with E-state index in [1.807, 2.05) is 26.0 Å². The highest BCUT2D eigenvalue weighted by molar-refractivity contribution is 5.19. The lowest BCUT2D eigenvalue weighted by Gasteiger charge is -2.08. The normalized spacial score (nSPS) is 12.5. The molecule has 2 nitrogen and oxygen atoms in total. The van der Waals surface area contributed by atoms with Crippen LogP contribution in [0.2, 0.25) is 0 Å². The number of aryl methyl sites for hydroxylation is 1. The number of hydrogen-bond acceptors (Lipinski definition) is 2. The molecule has 0 amide bonds. The van der Waals surface area contributed by atoms with E-state index < -0.39 is 0 Å². The molecular formula is C10H13NO. The van der Waals surface area contributed by atoms with Gasteiger partial charge < -0.3 is 5.11 Å². The smallest absolute Gasteiger partial charge is 0.0938 e. The molecule has 0 aromatic carbocycles. The van der Waals surface area contributed by atoms with Crippen LogP contribution in [0.4, 0.5) is 0 Å². The first kappa shape index (κ1) is 8.78. The van der Waals surface area contributed by atoms with Gasteiger partial charge in [-0.25, -0.2) is 0 Å². The lowest BCUT2D eigenvalue weighted by molar-refractivity contribution is 0.375. The molecule has 0 bridgehead atoms. The van der Waals surface area contributed by atoms with Crippen LogP contribution >= 0.6 is 0 Å². The van der Waals surface area contributed by atoms with Gasteiger partial charge >= 0.3 is 0 Å². The molecular weight excluding hydrogens is 150 g/mol. The number of aliphatic hydroxyl groups is 1. The molecule has 2 heteroatoms. The van der Waals surface area contributed by atoms with Crippen molar-refractivity contribution in [2.24, 2.45) is 0 Å². The molecule has 1 N–H and O–H groups in total. The Labute approximate surface area is 72.6 Å². The Morgan fingerprint density at radius 3 is 2.67 bits per heavy atom. The van der Waals surface area contributed by atoms with Crippen LogP contribution in [0.3, 0.4) is 0 Å². The third kappa shape index (κ3) is 1.84. The van der Waals surface area contributed by atoms with E-state index in [4.69, 9.17) is 5.11 Å². The summed E-state index contributed by atoms with van der Waals surface area (Å²) in [6, 6.07) is 3.88. The molecule has 0 saturated carbocycles. The summed E-state index contributed by atoms with van der Waals surface area (Å²) in [4.78, 5) is 4.18. The second-order valence-corrected chi connectivity index (χ2v) is 2.97. The standard InChI is InChI=1S/C10H13NO/c1-7-4-5-10(11-6-7)8(2)9(3)12/h4-6,8,12H,3H2,1-2H3. The van der Waals surface area contributed by atoms with Crippen LogP contribution in [0, 0.1) is 6.92 Å². The quantitative estimate of drug-likeness (QED) is 0.680. The third-order valence-corrected chi connectivity index (χ3v) is 1.88. The van der Waals surface area contributed by atoms with E-state index in [1.165, 1.54) is 0 Å². The molecule has 1 aromatic rings. The minimum atomic E-state index is -0.0781. The average Bonchev–Trinajstić information content (AvgIpc) is 2.04. The monoisotopic (exact) mass is 163 g/mol. The molecule has 0 aliphatic heterocycles. The minimum Gasteiger partial charge on any atom is -0.512 e. The first-order chi connectivity index (χ1) is 5.61. The molecule has 1 atom stereocenters. The molecule has 1 aromatic heterocycles. The number of aliphatic hydroxyl groups excluding tert-OH is 1. The Hall–Kier alpha value is -1.31. The zero-order valence-electron chi connectivity index (χ0n) is 7.41. The average molecular weight is 163 g/mol. The maximum absolute atomic E-state index is 9.11. The van der Waals surface area contributed by atoms with Crippen molar-refractivity contribution in [1.82, 2.24) is 4.98 Å². The van der Waals surface area contributed by atoms with Crippen molar-refractivity contribution < 1.29 is 5.11 Å². The van der Waals surface area contributed by atoms with Gasteiger partial charge in [-0.1, -0.05) is 12.6 Å². The Bertz CT molecular complexity index is 276. The number of allylic oxidation sites excluding steroid dienone is 1. The van der Waals surface area contributed by atoms with Crippen LogP contribution < -0.4 is 0 Å². The number of aromatic nitrogens is 1. The van der Waals surface area contributed by atoms with Gasteiger partial charge in [0.25, 0.3) is 0 Å². The summed E-state index contributed by atoms with van der Waals surface area (Å²) >= 11 is 0. The summed E-state index contributed by atoms with van der Waals surface area (Å²) in [5.74, 6) is 0.0805. The predicted molar refractivity (Wildman–Crippen MR) is 49.2 cm³/mol. The van der Waals surface area contributed by atoms with E-state index >= 15 is 0 Å². The largest absolute Gasteiger partial charge is 0.512 e. The lowest BCUT2D eigenvalue weighted by atomic mass is 10.1. The molecule has 0 fully saturated rings. The summed E-state index contributed by atoms with van der Waals surface area (Å²) < 4.78 is 0. The summed E-state index contributed by atoms with van der Waals surface area (Å²) in [5, 5.41) is 9.11. The Kier molecular flexibility index (Phi) is 2.48. The van der Waals surface area contributed by atoms with Crippen molar-refractivity contribution in [3.8, 4) is 0 Å². The van der Waals surface area contributed by atoms with Crippen molar-refractivity contribution >= 4 is 0 Å². The van der Waals surface area contributed by atoms with Crippen molar-refractivity contribution in [3.05, 3.63) is 41.9 Å². The lowest BCUT2D eigenvalue weighted by Crippen LogP contribution is -1.98. The van der Waals surface area contributed by atoms with Gasteiger partial charge in [-0.3, -0.25) is 4.98 Å². The highest BCUT2D eigenvalue weighted by Gasteiger charge is 2.08. The number of nitrogens with zero attached hydrogens (tertiary/aromatic N) is 1. The van der Waals surface area contributed by atoms with Gasteiger partial charge in [0.2, 0.25) is 0 Å². The fraction of sp³-hybridized carbons (Fsp3) is 0.300. The zero-order chi connectivity index (χ0) is 9.14. The van der Waals surface area contributed by atoms with Crippen molar-refractivity contribution in [1.29, 1.82) is 0 Å². The van der Waals surface area contributed by atoms with E-state index in [1.54, 1.807) is 6.20 Å². The van der Waals surface area contributed by atoms with Crippen LogP contribution in [-0.4, -0.2) is 10.1 Å². The van der Waals surface area contributed by atoms with Crippen molar-refractivity contribution in [2.75, 3.05) is 0 Å². The second kappa shape index (κ2) is 3.39. The summed E-state index contributed by atoms with van der Waals surface area (Å²) in [6.07, 6.45) is 1.79. The highest BCUT2D eigenvalue weighted by Crippen LogP contribution is 2.17. The SMILES string of the molecule is C=C(O)C(C)c1ccc(C)cn1. The number of hydrogen-bond donors (Lipinski definition) is 1. The molecule has 0 saturated heterocycles. The molecule has 64 valence electrons. The van der Waals surface area contributed by atoms with E-state index in [2.05, 4.69) is 11.6 Å². The maximum atomic E-state index is 9.11. The van der Waals surface area contributed by atoms with Gasteiger partial charge in [0, 0.05) is 6.20 Å². The maximum Gasteiger partial charge on any atom is 0.0938 e. The molecule has 0 spiro atoms. The topological polar surface area (TPSA) is 33.1 Å². The van der Waals surface area contributed by atoms with E-state index in [-0.39, 0.29) is 11.7 Å². The van der Waals surface area contributed by atoms with Crippen molar-refractivity contribution in [2.45, 2.75) is 19.8 Å². The highest BCUT2D eigenvalue weighted by atomic mass is 16.3. The molecule has 0 aliphatic rings. The van der Waals surface area contributed by atoms with Crippen LogP contribution in [0.1, 0.15) is 24.1 Å². The fourth-order valence-electron chi connectivity index (χ4n) is 0.906. The summed E-state index contributed by atoms with van der Waals surface area (Å²) in [7, 11) is 0. The zero-order valence-corrected chi connectivity index (χ0v) is 7.41. The van der Waals surface area contributed by atoms with Gasteiger partial charge in [-0.15, -0.1) is 0 Å². The van der Waals surface area contributed by atoms with Crippen LogP contribution in [0.15, 0.2) is 30.7 Å². The van der Waals surface area contributed by atoms with Crippen LogP contribution in [-0.2, 0) is 0 Å². The van der Waals surface area contributed by atoms with Crippen LogP contribution in [0.5, 0.6) is 0 Å². The second-order valence-electron chi connectivity index (χ2n) is 2.97. The van der Waals surface area contributed by atoms with Gasteiger partial charge in [-0.05, 0) is 25.5 Å². The van der Waals surface area contributed by atoms with Gasteiger partial charge in [0.05, 0.1) is 17.4 Å². The van der Waals surface area contributed by atoms with Gasteiger partial charge in [0.1, 0.15) is 0 Å². The summed E-state index contributed by atoms with van der Waals surface area (Å²) in [6.45, 7) is 7.33. The van der Waals surface area contributed by atoms with Gasteiger partial charge in [0.15, 0.2) is 0 Å². The van der Waals surface area contributed by atoms with E-state index in [0.29, 0.717) is 0 Å². The Balaban J connectivity index is 2.89. The van der Waals surface area contributed by atoms with Crippen LogP contribution in [0.25, 0.3) is 0 Å². The summed E-state index contributed by atoms with van der Waals surface area (Å²) in [5.41, 5.74) is 1.97. The van der Waals surface area contributed by atoms with E-state index in [0.717, 1.165) is 11.3 Å². The molecule has 0 radical (unpaired) electrons. The third-order valence-electron chi connectivity index (χ3n) is 1.88. The molecule has 1 unspecified atom stereocenters. The molecule has 12 heavy (non-hydrogen) atoms. The Morgan fingerprint density at radius 2 is 2.25 bits per heavy atom. The number of pyridine rings is 1. The molecule has 1 heterocycles.